The second-order valence-corrected chi connectivity index (χ2v) is 6.01. The Labute approximate surface area is 136 Å². The minimum atomic E-state index is -0.529. The van der Waals surface area contributed by atoms with Crippen LogP contribution < -0.4 is 45.1 Å². The van der Waals surface area contributed by atoms with Crippen molar-refractivity contribution in [2.45, 2.75) is 69.1 Å². The van der Waals surface area contributed by atoms with Gasteiger partial charge in [0.05, 0.1) is 12.1 Å². The van der Waals surface area contributed by atoms with Crippen LogP contribution in [0.1, 0.15) is 44.9 Å². The van der Waals surface area contributed by atoms with E-state index in [1.807, 2.05) is 0 Å². The molecule has 0 spiro atoms. The van der Waals surface area contributed by atoms with E-state index in [4.69, 9.17) is 23.4 Å². The van der Waals surface area contributed by atoms with Crippen LogP contribution in [0.3, 0.4) is 0 Å². The molecule has 10 nitrogen and oxygen atoms in total. The molecule has 0 bridgehead atoms. The molecule has 12 N–H and O–H groups in total. The van der Waals surface area contributed by atoms with Gasteiger partial charge in [-0.05, 0) is 25.7 Å². The largest absolute Gasteiger partial charge is 0.298 e. The number of ketones is 2. The fourth-order valence-electron chi connectivity index (χ4n) is 2.88. The fraction of sp³-hybridized carbons (Fsp3) is 0.846. The van der Waals surface area contributed by atoms with Gasteiger partial charge in [0.15, 0.2) is 11.6 Å². The van der Waals surface area contributed by atoms with E-state index in [0.29, 0.717) is 25.7 Å². The molecule has 0 radical (unpaired) electrons. The Morgan fingerprint density at radius 2 is 1.04 bits per heavy atom. The molecule has 1 saturated carbocycles. The zero-order valence-electron chi connectivity index (χ0n) is 13.4. The number of carbonyl (C=O) groups excluding carboxylic acids is 2. The third-order valence-electron chi connectivity index (χ3n) is 4.40. The van der Waals surface area contributed by atoms with E-state index >= 15 is 0 Å². The molecule has 0 aromatic carbocycles. The Balaban J connectivity index is 2.85. The second-order valence-electron chi connectivity index (χ2n) is 6.01. The Bertz CT molecular complexity index is 347. The first kappa shape index (κ1) is 20.1. The number of hydrogen-bond donors (Lipinski definition) is 8. The van der Waals surface area contributed by atoms with Gasteiger partial charge in [-0.2, -0.15) is 0 Å². The Kier molecular flexibility index (Phi) is 9.36. The lowest BCUT2D eigenvalue weighted by atomic mass is 9.96. The predicted octanol–water partition coefficient (Wildman–Crippen LogP) is -2.80. The summed E-state index contributed by atoms with van der Waals surface area (Å²) in [5.41, 5.74) is 10.4. The van der Waals surface area contributed by atoms with Crippen molar-refractivity contribution in [3.8, 4) is 0 Å². The molecule has 0 aliphatic heterocycles. The molecule has 4 atom stereocenters. The Morgan fingerprint density at radius 3 is 1.35 bits per heavy atom. The van der Waals surface area contributed by atoms with Crippen LogP contribution in [0.15, 0.2) is 0 Å². The lowest BCUT2D eigenvalue weighted by molar-refractivity contribution is -0.123. The summed E-state index contributed by atoms with van der Waals surface area (Å²) in [7, 11) is 0. The molecule has 134 valence electrons. The monoisotopic (exact) mass is 330 g/mol. The molecule has 1 rings (SSSR count). The predicted molar refractivity (Wildman–Crippen MR) is 86.8 cm³/mol. The van der Waals surface area contributed by atoms with Crippen LogP contribution in [0.5, 0.6) is 0 Å². The van der Waals surface area contributed by atoms with Gasteiger partial charge in [0.2, 0.25) is 0 Å². The number of rotatable bonds is 4. The summed E-state index contributed by atoms with van der Waals surface area (Å²) in [5, 5.41) is 0. The summed E-state index contributed by atoms with van der Waals surface area (Å²) in [6.45, 7) is 0. The first-order valence-electron chi connectivity index (χ1n) is 7.95. The topological polar surface area (TPSA) is 186 Å². The lowest BCUT2D eigenvalue weighted by Gasteiger charge is -2.21. The number of Topliss-reactive ketones (excluding diaryl/α,β-unsaturated/α-hetero) is 2. The molecule has 0 aromatic heterocycles. The summed E-state index contributed by atoms with van der Waals surface area (Å²) < 4.78 is 0. The minimum absolute atomic E-state index is 0.0357. The van der Waals surface area contributed by atoms with Gasteiger partial charge in [-0.15, -0.1) is 0 Å². The van der Waals surface area contributed by atoms with E-state index in [1.54, 1.807) is 0 Å². The molecule has 23 heavy (non-hydrogen) atoms. The summed E-state index contributed by atoms with van der Waals surface area (Å²) in [6, 6.07) is -1.31. The highest BCUT2D eigenvalue weighted by Gasteiger charge is 2.26. The number of hydrazine groups is 4. The van der Waals surface area contributed by atoms with E-state index in [-0.39, 0.29) is 36.5 Å². The third-order valence-corrected chi connectivity index (χ3v) is 4.40. The van der Waals surface area contributed by atoms with Crippen LogP contribution in [-0.4, -0.2) is 35.7 Å². The van der Waals surface area contributed by atoms with E-state index < -0.39 is 12.1 Å². The fourth-order valence-corrected chi connectivity index (χ4v) is 2.88. The molecular formula is C13H30N8O2. The van der Waals surface area contributed by atoms with Gasteiger partial charge in [0.25, 0.3) is 0 Å². The van der Waals surface area contributed by atoms with Gasteiger partial charge < -0.3 is 0 Å². The summed E-state index contributed by atoms with van der Waals surface area (Å²) >= 11 is 0. The lowest BCUT2D eigenvalue weighted by Crippen LogP contribution is -2.48. The van der Waals surface area contributed by atoms with Gasteiger partial charge in [-0.25, -0.2) is 10.9 Å². The molecule has 0 heterocycles. The molecule has 0 aromatic rings. The number of carbonyl (C=O) groups is 2. The summed E-state index contributed by atoms with van der Waals surface area (Å²) in [6.07, 6.45) is 3.59. The molecule has 10 heteroatoms. The van der Waals surface area contributed by atoms with Crippen molar-refractivity contribution in [3.05, 3.63) is 0 Å². The van der Waals surface area contributed by atoms with Crippen LogP contribution in [0.2, 0.25) is 0 Å². The zero-order valence-corrected chi connectivity index (χ0v) is 13.4. The van der Waals surface area contributed by atoms with Gasteiger partial charge in [-0.1, -0.05) is 6.42 Å². The zero-order chi connectivity index (χ0) is 17.2. The van der Waals surface area contributed by atoms with Gasteiger partial charge >= 0.3 is 0 Å². The van der Waals surface area contributed by atoms with Crippen LogP contribution in [0, 0.1) is 0 Å². The highest BCUT2D eigenvalue weighted by molar-refractivity contribution is 5.86. The summed E-state index contributed by atoms with van der Waals surface area (Å²) in [5.74, 6) is 21.9. The highest BCUT2D eigenvalue weighted by Crippen LogP contribution is 2.15. The van der Waals surface area contributed by atoms with Crippen LogP contribution in [0.25, 0.3) is 0 Å². The van der Waals surface area contributed by atoms with Crippen molar-refractivity contribution in [1.29, 1.82) is 0 Å². The van der Waals surface area contributed by atoms with Gasteiger partial charge in [0, 0.05) is 24.9 Å². The standard InChI is InChI=1S/C13H30N8O2/c14-18-8-2-1-3-9(19-15)7-13(23)11(21-17)5-4-10(20-16)12(22)6-8/h8-11,18-21H,1-7,14-17H2. The third kappa shape index (κ3) is 6.57. The molecule has 0 amide bonds. The van der Waals surface area contributed by atoms with E-state index in [0.717, 1.165) is 6.42 Å². The van der Waals surface area contributed by atoms with Crippen LogP contribution in [0.4, 0.5) is 0 Å². The maximum atomic E-state index is 12.3. The SMILES string of the molecule is NNC1CCCC(NN)CC(=O)C(NN)CCC(NN)C(=O)C1. The number of nitrogens with one attached hydrogen (secondary N) is 4. The normalized spacial score (nSPS) is 32.0. The van der Waals surface area contributed by atoms with Crippen molar-refractivity contribution < 1.29 is 9.59 Å². The first-order chi connectivity index (χ1) is 11.0. The Hall–Kier alpha value is -0.980. The van der Waals surface area contributed by atoms with Crippen molar-refractivity contribution in [2.24, 2.45) is 23.4 Å². The minimum Gasteiger partial charge on any atom is -0.298 e. The first-order valence-corrected chi connectivity index (χ1v) is 7.95. The average Bonchev–Trinajstić information content (AvgIpc) is 2.56. The van der Waals surface area contributed by atoms with Crippen molar-refractivity contribution in [1.82, 2.24) is 21.7 Å². The number of nitrogens with two attached hydrogens (primary N) is 4. The molecular weight excluding hydrogens is 300 g/mol. The van der Waals surface area contributed by atoms with E-state index in [9.17, 15) is 9.59 Å². The van der Waals surface area contributed by atoms with Crippen LogP contribution >= 0.6 is 0 Å². The van der Waals surface area contributed by atoms with Crippen molar-refractivity contribution in [2.75, 3.05) is 0 Å². The van der Waals surface area contributed by atoms with Crippen LogP contribution in [-0.2, 0) is 9.59 Å². The maximum absolute atomic E-state index is 12.3. The van der Waals surface area contributed by atoms with E-state index in [2.05, 4.69) is 21.7 Å². The molecule has 1 aliphatic rings. The molecule has 0 saturated heterocycles. The van der Waals surface area contributed by atoms with Crippen molar-refractivity contribution >= 4 is 11.6 Å². The molecule has 1 aliphatic carbocycles. The summed E-state index contributed by atoms with van der Waals surface area (Å²) in [4.78, 5) is 24.6. The van der Waals surface area contributed by atoms with E-state index in [1.165, 1.54) is 0 Å². The average molecular weight is 330 g/mol. The molecule has 1 fully saturated rings. The Morgan fingerprint density at radius 1 is 0.652 bits per heavy atom. The van der Waals surface area contributed by atoms with Crippen molar-refractivity contribution in [3.63, 3.8) is 0 Å². The molecule has 4 unspecified atom stereocenters. The quantitative estimate of drug-likeness (QED) is 0.197. The maximum Gasteiger partial charge on any atom is 0.152 e. The number of hydrogen-bond acceptors (Lipinski definition) is 10. The van der Waals surface area contributed by atoms with Gasteiger partial charge in [-0.3, -0.25) is 43.8 Å². The second kappa shape index (κ2) is 10.7. The smallest absolute Gasteiger partial charge is 0.152 e. The van der Waals surface area contributed by atoms with Gasteiger partial charge in [0.1, 0.15) is 0 Å². The highest BCUT2D eigenvalue weighted by atomic mass is 16.1.